The highest BCUT2D eigenvalue weighted by atomic mass is 35.5. The molecule has 4 rings (SSSR count). The van der Waals surface area contributed by atoms with Crippen molar-refractivity contribution < 1.29 is 4.79 Å². The molecule has 31 heavy (non-hydrogen) atoms. The molecule has 0 atom stereocenters. The number of hydrogen-bond donors (Lipinski definition) is 1. The van der Waals surface area contributed by atoms with Gasteiger partial charge in [0.1, 0.15) is 0 Å². The topological polar surface area (TPSA) is 85.1 Å². The molecule has 0 aliphatic heterocycles. The fourth-order valence-corrected chi connectivity index (χ4v) is 4.55. The molecule has 1 aliphatic rings. The maximum Gasteiger partial charge on any atom is 0.250 e. The predicted octanol–water partition coefficient (Wildman–Crippen LogP) is 4.74. The first kappa shape index (κ1) is 21.5. The van der Waals surface area contributed by atoms with Crippen LogP contribution in [-0.4, -0.2) is 37.6 Å². The fraction of sp³-hybridized carbons (Fsp3) is 0.318. The van der Waals surface area contributed by atoms with Gasteiger partial charge in [0.05, 0.1) is 17.7 Å². The summed E-state index contributed by atoms with van der Waals surface area (Å²) in [5, 5.41) is 14.3. The Morgan fingerprint density at radius 3 is 2.71 bits per heavy atom. The molecule has 0 unspecified atom stereocenters. The third-order valence-corrected chi connectivity index (χ3v) is 6.31. The maximum atomic E-state index is 12.3. The zero-order valence-corrected chi connectivity index (χ0v) is 18.5. The molecule has 2 aromatic heterocycles. The van der Waals surface area contributed by atoms with Crippen LogP contribution in [0.2, 0.25) is 5.02 Å². The number of thioether (sulfide) groups is 1. The SMILES string of the molecule is O=C(CSc1nnc(-c2ccc(Cl)cc2)n1C1CCCCC1)NN=Cc1ccccn1. The lowest BCUT2D eigenvalue weighted by Gasteiger charge is -2.25. The molecule has 1 saturated carbocycles. The van der Waals surface area contributed by atoms with Crippen molar-refractivity contribution in [1.29, 1.82) is 0 Å². The average Bonchev–Trinajstić information content (AvgIpc) is 3.23. The largest absolute Gasteiger partial charge is 0.299 e. The molecule has 0 spiro atoms. The molecular weight excluding hydrogens is 432 g/mol. The number of carbonyl (C=O) groups excluding carboxylic acids is 1. The average molecular weight is 455 g/mol. The van der Waals surface area contributed by atoms with Crippen molar-refractivity contribution in [3.05, 3.63) is 59.4 Å². The minimum absolute atomic E-state index is 0.199. The monoisotopic (exact) mass is 454 g/mol. The van der Waals surface area contributed by atoms with Crippen LogP contribution in [0, 0.1) is 0 Å². The third kappa shape index (κ3) is 5.71. The van der Waals surface area contributed by atoms with E-state index in [2.05, 4.69) is 30.3 Å². The number of benzene rings is 1. The Bertz CT molecular complexity index is 1030. The first-order valence-corrected chi connectivity index (χ1v) is 11.6. The summed E-state index contributed by atoms with van der Waals surface area (Å²) in [6, 6.07) is 13.5. The van der Waals surface area contributed by atoms with Crippen LogP contribution < -0.4 is 5.43 Å². The first-order chi connectivity index (χ1) is 15.2. The smallest absolute Gasteiger partial charge is 0.250 e. The standard InChI is InChI=1S/C22H23ClN6OS/c23-17-11-9-16(10-12-17)21-27-28-22(29(21)19-7-2-1-3-8-19)31-15-20(30)26-25-14-18-6-4-5-13-24-18/h4-6,9-14,19H,1-3,7-8,15H2,(H,26,30). The van der Waals surface area contributed by atoms with Crippen LogP contribution in [0.5, 0.6) is 0 Å². The number of amides is 1. The Kier molecular flexibility index (Phi) is 7.32. The Morgan fingerprint density at radius 1 is 1.16 bits per heavy atom. The van der Waals surface area contributed by atoms with Crippen molar-refractivity contribution in [2.24, 2.45) is 5.10 Å². The first-order valence-electron chi connectivity index (χ1n) is 10.3. The van der Waals surface area contributed by atoms with Crippen molar-refractivity contribution in [1.82, 2.24) is 25.2 Å². The summed E-state index contributed by atoms with van der Waals surface area (Å²) in [4.78, 5) is 16.4. The van der Waals surface area contributed by atoms with Gasteiger partial charge in [0.25, 0.3) is 5.91 Å². The van der Waals surface area contributed by atoms with Gasteiger partial charge in [0.15, 0.2) is 11.0 Å². The lowest BCUT2D eigenvalue weighted by atomic mass is 9.95. The highest BCUT2D eigenvalue weighted by molar-refractivity contribution is 7.99. The quantitative estimate of drug-likeness (QED) is 0.316. The number of carbonyl (C=O) groups is 1. The molecule has 1 aliphatic carbocycles. The van der Waals surface area contributed by atoms with E-state index in [0.29, 0.717) is 16.8 Å². The molecular formula is C22H23ClN6OS. The summed E-state index contributed by atoms with van der Waals surface area (Å²) in [5.74, 6) is 0.813. The van der Waals surface area contributed by atoms with E-state index in [0.717, 1.165) is 29.4 Å². The van der Waals surface area contributed by atoms with E-state index in [1.165, 1.54) is 37.2 Å². The Balaban J connectivity index is 1.46. The molecule has 160 valence electrons. The highest BCUT2D eigenvalue weighted by Crippen LogP contribution is 2.35. The molecule has 9 heteroatoms. The molecule has 0 bridgehead atoms. The number of nitrogens with zero attached hydrogens (tertiary/aromatic N) is 5. The summed E-state index contributed by atoms with van der Waals surface area (Å²) in [6.45, 7) is 0. The summed E-state index contributed by atoms with van der Waals surface area (Å²) in [5.41, 5.74) is 4.19. The molecule has 1 aromatic carbocycles. The van der Waals surface area contributed by atoms with Gasteiger partial charge >= 0.3 is 0 Å². The van der Waals surface area contributed by atoms with E-state index < -0.39 is 0 Å². The number of rotatable bonds is 7. The van der Waals surface area contributed by atoms with Gasteiger partial charge in [-0.15, -0.1) is 10.2 Å². The van der Waals surface area contributed by atoms with Crippen LogP contribution in [-0.2, 0) is 4.79 Å². The van der Waals surface area contributed by atoms with Crippen LogP contribution >= 0.6 is 23.4 Å². The van der Waals surface area contributed by atoms with Crippen LogP contribution in [0.25, 0.3) is 11.4 Å². The minimum Gasteiger partial charge on any atom is -0.299 e. The van der Waals surface area contributed by atoms with Crippen LogP contribution in [0.15, 0.2) is 58.9 Å². The molecule has 1 fully saturated rings. The highest BCUT2D eigenvalue weighted by Gasteiger charge is 2.24. The van der Waals surface area contributed by atoms with Crippen molar-refractivity contribution in [2.45, 2.75) is 43.3 Å². The zero-order valence-electron chi connectivity index (χ0n) is 16.9. The number of halogens is 1. The van der Waals surface area contributed by atoms with E-state index in [4.69, 9.17) is 11.6 Å². The molecule has 7 nitrogen and oxygen atoms in total. The van der Waals surface area contributed by atoms with E-state index in [-0.39, 0.29) is 11.7 Å². The number of hydrogen-bond acceptors (Lipinski definition) is 6. The molecule has 0 radical (unpaired) electrons. The van der Waals surface area contributed by atoms with Crippen molar-refractivity contribution >= 4 is 35.5 Å². The van der Waals surface area contributed by atoms with Gasteiger partial charge in [-0.05, 0) is 49.2 Å². The summed E-state index contributed by atoms with van der Waals surface area (Å²) >= 11 is 7.43. The summed E-state index contributed by atoms with van der Waals surface area (Å²) in [6.07, 6.45) is 9.01. The second kappa shape index (κ2) is 10.5. The number of hydrazone groups is 1. The normalized spacial score (nSPS) is 14.7. The van der Waals surface area contributed by atoms with E-state index in [1.54, 1.807) is 6.20 Å². The Labute approximate surface area is 190 Å². The number of aromatic nitrogens is 4. The molecule has 3 aromatic rings. The lowest BCUT2D eigenvalue weighted by Crippen LogP contribution is -2.20. The third-order valence-electron chi connectivity index (χ3n) is 5.11. The van der Waals surface area contributed by atoms with E-state index in [9.17, 15) is 4.79 Å². The van der Waals surface area contributed by atoms with Crippen LogP contribution in [0.3, 0.4) is 0 Å². The molecule has 1 amide bonds. The van der Waals surface area contributed by atoms with Gasteiger partial charge in [-0.1, -0.05) is 48.7 Å². The maximum absolute atomic E-state index is 12.3. The zero-order chi connectivity index (χ0) is 21.5. The van der Waals surface area contributed by atoms with Crippen molar-refractivity contribution in [3.8, 4) is 11.4 Å². The second-order valence-corrected chi connectivity index (χ2v) is 8.69. The fourth-order valence-electron chi connectivity index (χ4n) is 3.62. The van der Waals surface area contributed by atoms with Crippen molar-refractivity contribution in [3.63, 3.8) is 0 Å². The Hall–Kier alpha value is -2.71. The van der Waals surface area contributed by atoms with Gasteiger partial charge in [-0.3, -0.25) is 14.3 Å². The molecule has 2 heterocycles. The predicted molar refractivity (Wildman–Crippen MR) is 123 cm³/mol. The summed E-state index contributed by atoms with van der Waals surface area (Å²) in [7, 11) is 0. The van der Waals surface area contributed by atoms with Gasteiger partial charge in [-0.25, -0.2) is 5.43 Å². The van der Waals surface area contributed by atoms with Gasteiger partial charge < -0.3 is 0 Å². The van der Waals surface area contributed by atoms with Gasteiger partial charge in [-0.2, -0.15) is 5.10 Å². The van der Waals surface area contributed by atoms with Gasteiger partial charge in [0.2, 0.25) is 0 Å². The summed E-state index contributed by atoms with van der Waals surface area (Å²) < 4.78 is 2.19. The van der Waals surface area contributed by atoms with Crippen LogP contribution in [0.4, 0.5) is 0 Å². The lowest BCUT2D eigenvalue weighted by molar-refractivity contribution is -0.118. The van der Waals surface area contributed by atoms with Crippen LogP contribution in [0.1, 0.15) is 43.8 Å². The Morgan fingerprint density at radius 2 is 1.97 bits per heavy atom. The van der Waals surface area contributed by atoms with E-state index >= 15 is 0 Å². The number of pyridine rings is 1. The second-order valence-electron chi connectivity index (χ2n) is 7.31. The van der Waals surface area contributed by atoms with E-state index in [1.807, 2.05) is 42.5 Å². The van der Waals surface area contributed by atoms with Gasteiger partial charge in [0, 0.05) is 22.8 Å². The molecule has 1 N–H and O–H groups in total. The number of nitrogens with one attached hydrogen (secondary N) is 1. The van der Waals surface area contributed by atoms with Crippen molar-refractivity contribution in [2.75, 3.05) is 5.75 Å². The minimum atomic E-state index is -0.205. The molecule has 0 saturated heterocycles.